The number of nitrogens with zero attached hydrogens (tertiary/aromatic N) is 1. The van der Waals surface area contributed by atoms with Gasteiger partial charge < -0.3 is 14.6 Å². The normalized spacial score (nSPS) is 16.1. The quantitative estimate of drug-likeness (QED) is 0.234. The highest BCUT2D eigenvalue weighted by atomic mass is 32.2. The van der Waals surface area contributed by atoms with Crippen LogP contribution in [0, 0.1) is 0 Å². The van der Waals surface area contributed by atoms with Crippen LogP contribution >= 0.6 is 24.0 Å². The zero-order chi connectivity index (χ0) is 22.8. The van der Waals surface area contributed by atoms with Crippen LogP contribution in [-0.4, -0.2) is 46.0 Å². The van der Waals surface area contributed by atoms with Gasteiger partial charge in [0.25, 0.3) is 5.91 Å². The van der Waals surface area contributed by atoms with Gasteiger partial charge in [-0.05, 0) is 36.6 Å². The molecule has 0 aromatic heterocycles. The summed E-state index contributed by atoms with van der Waals surface area (Å²) in [6.07, 6.45) is 9.16. The molecule has 0 aliphatic carbocycles. The summed E-state index contributed by atoms with van der Waals surface area (Å²) in [5.74, 6) is -0.190. The Bertz CT molecular complexity index is 824. The highest BCUT2D eigenvalue weighted by Crippen LogP contribution is 2.36. The Hall–Kier alpha value is -2.06. The summed E-state index contributed by atoms with van der Waals surface area (Å²) in [5.41, 5.74) is 0.757. The Morgan fingerprint density at radius 1 is 1.19 bits per heavy atom. The van der Waals surface area contributed by atoms with Gasteiger partial charge in [-0.15, -0.1) is 0 Å². The number of thioether (sulfide) groups is 1. The van der Waals surface area contributed by atoms with Gasteiger partial charge in [0.2, 0.25) is 0 Å². The first kappa shape index (κ1) is 25.2. The van der Waals surface area contributed by atoms with Crippen LogP contribution < -0.4 is 9.47 Å². The first-order valence-electron chi connectivity index (χ1n) is 10.7. The van der Waals surface area contributed by atoms with Gasteiger partial charge in [0.15, 0.2) is 11.5 Å². The molecule has 0 unspecified atom stereocenters. The third-order valence-corrected chi connectivity index (χ3v) is 6.38. The predicted molar refractivity (Wildman–Crippen MR) is 129 cm³/mol. The molecular formula is C23H31NO5S2. The lowest BCUT2D eigenvalue weighted by Gasteiger charge is -2.21. The minimum atomic E-state index is -1.06. The maximum absolute atomic E-state index is 12.7. The Balaban J connectivity index is 2.04. The van der Waals surface area contributed by atoms with E-state index in [0.717, 1.165) is 30.2 Å². The smallest absolute Gasteiger partial charge is 0.326 e. The Morgan fingerprint density at radius 2 is 1.90 bits per heavy atom. The molecule has 6 nitrogen and oxygen atoms in total. The molecule has 31 heavy (non-hydrogen) atoms. The maximum Gasteiger partial charge on any atom is 0.326 e. The number of carboxylic acids is 1. The van der Waals surface area contributed by atoms with Crippen LogP contribution in [0.5, 0.6) is 11.5 Å². The van der Waals surface area contributed by atoms with Gasteiger partial charge in [-0.25, -0.2) is 4.79 Å². The number of carbonyl (C=O) groups excluding carboxylic acids is 1. The van der Waals surface area contributed by atoms with Gasteiger partial charge in [-0.1, -0.05) is 76.0 Å². The molecule has 1 aliphatic rings. The van der Waals surface area contributed by atoms with Crippen LogP contribution in [0.15, 0.2) is 23.1 Å². The van der Waals surface area contributed by atoms with E-state index in [1.54, 1.807) is 26.2 Å². The number of hydrogen-bond donors (Lipinski definition) is 1. The number of benzene rings is 1. The first-order valence-corrected chi connectivity index (χ1v) is 12.0. The molecule has 1 aliphatic heterocycles. The minimum Gasteiger partial charge on any atom is -0.493 e. The van der Waals surface area contributed by atoms with E-state index in [-0.39, 0.29) is 16.6 Å². The minimum absolute atomic E-state index is 0.261. The number of rotatable bonds is 13. The van der Waals surface area contributed by atoms with Crippen LogP contribution in [0.4, 0.5) is 0 Å². The molecule has 1 heterocycles. The predicted octanol–water partition coefficient (Wildman–Crippen LogP) is 5.50. The lowest BCUT2D eigenvalue weighted by Crippen LogP contribution is -2.43. The number of carbonyl (C=O) groups is 2. The van der Waals surface area contributed by atoms with Crippen molar-refractivity contribution in [1.29, 1.82) is 0 Å². The zero-order valence-corrected chi connectivity index (χ0v) is 20.0. The summed E-state index contributed by atoms with van der Waals surface area (Å²) < 4.78 is 11.6. The topological polar surface area (TPSA) is 76.1 Å². The second-order valence-corrected chi connectivity index (χ2v) is 9.02. The molecule has 0 saturated carbocycles. The number of amides is 1. The molecule has 0 bridgehead atoms. The Kier molecular flexibility index (Phi) is 10.3. The molecule has 1 fully saturated rings. The van der Waals surface area contributed by atoms with E-state index < -0.39 is 12.0 Å². The number of methoxy groups -OCH3 is 1. The fourth-order valence-corrected chi connectivity index (χ4v) is 4.68. The van der Waals surface area contributed by atoms with E-state index in [2.05, 4.69) is 6.92 Å². The van der Waals surface area contributed by atoms with Crippen molar-refractivity contribution < 1.29 is 24.2 Å². The van der Waals surface area contributed by atoms with Crippen LogP contribution in [0.1, 0.15) is 64.4 Å². The SMILES string of the molecule is CCCCCCCCOc1ccc(/C=C2/SC(=S)N([C@@H](CC)C(=O)O)C2=O)cc1OC. The summed E-state index contributed by atoms with van der Waals surface area (Å²) in [4.78, 5) is 25.8. The van der Waals surface area contributed by atoms with Crippen LogP contribution in [0.3, 0.4) is 0 Å². The average Bonchev–Trinajstić information content (AvgIpc) is 3.02. The number of unbranched alkanes of at least 4 members (excludes halogenated alkanes) is 5. The summed E-state index contributed by atoms with van der Waals surface area (Å²) in [7, 11) is 1.58. The zero-order valence-electron chi connectivity index (χ0n) is 18.4. The summed E-state index contributed by atoms with van der Waals surface area (Å²) in [6, 6.07) is 4.53. The largest absolute Gasteiger partial charge is 0.493 e. The molecular weight excluding hydrogens is 434 g/mol. The number of carboxylic acid groups (broad SMARTS) is 1. The molecule has 1 N–H and O–H groups in total. The molecule has 1 atom stereocenters. The van der Waals surface area contributed by atoms with Gasteiger partial charge in [0.05, 0.1) is 18.6 Å². The first-order chi connectivity index (χ1) is 14.9. The van der Waals surface area contributed by atoms with Crippen molar-refractivity contribution in [2.24, 2.45) is 0 Å². The van der Waals surface area contributed by atoms with Gasteiger partial charge in [0.1, 0.15) is 10.4 Å². The van der Waals surface area contributed by atoms with Crippen molar-refractivity contribution in [3.05, 3.63) is 28.7 Å². The van der Waals surface area contributed by atoms with Crippen LogP contribution in [0.25, 0.3) is 6.08 Å². The van der Waals surface area contributed by atoms with Crippen molar-refractivity contribution >= 4 is 46.3 Å². The van der Waals surface area contributed by atoms with E-state index >= 15 is 0 Å². The molecule has 1 aromatic carbocycles. The van der Waals surface area contributed by atoms with E-state index in [9.17, 15) is 14.7 Å². The summed E-state index contributed by atoms with van der Waals surface area (Å²) in [6.45, 7) is 4.56. The van der Waals surface area contributed by atoms with Gasteiger partial charge >= 0.3 is 5.97 Å². The van der Waals surface area contributed by atoms with Crippen molar-refractivity contribution in [1.82, 2.24) is 4.90 Å². The molecule has 0 radical (unpaired) electrons. The molecule has 8 heteroatoms. The molecule has 170 valence electrons. The second-order valence-electron chi connectivity index (χ2n) is 7.34. The Morgan fingerprint density at radius 3 is 2.55 bits per heavy atom. The molecule has 1 amide bonds. The lowest BCUT2D eigenvalue weighted by molar-refractivity contribution is -0.145. The maximum atomic E-state index is 12.7. The van der Waals surface area contributed by atoms with Crippen molar-refractivity contribution in [3.8, 4) is 11.5 Å². The van der Waals surface area contributed by atoms with Crippen molar-refractivity contribution in [2.75, 3.05) is 13.7 Å². The summed E-state index contributed by atoms with van der Waals surface area (Å²) >= 11 is 6.37. The third-order valence-electron chi connectivity index (χ3n) is 5.05. The highest BCUT2D eigenvalue weighted by molar-refractivity contribution is 8.26. The number of hydrogen-bond acceptors (Lipinski definition) is 6. The fraction of sp³-hybridized carbons (Fsp3) is 0.522. The Labute approximate surface area is 194 Å². The molecule has 2 rings (SSSR count). The average molecular weight is 466 g/mol. The number of aliphatic carboxylic acids is 1. The van der Waals surface area contributed by atoms with E-state index in [1.807, 2.05) is 12.1 Å². The number of ether oxygens (including phenoxy) is 2. The fourth-order valence-electron chi connectivity index (χ4n) is 3.33. The van der Waals surface area contributed by atoms with Gasteiger partial charge in [0, 0.05) is 0 Å². The van der Waals surface area contributed by atoms with Gasteiger partial charge in [-0.3, -0.25) is 9.69 Å². The molecule has 1 saturated heterocycles. The standard InChI is InChI=1S/C23H31NO5S2/c1-4-6-7-8-9-10-13-29-18-12-11-16(14-19(18)28-3)15-20-21(25)24(23(30)31-20)17(5-2)22(26)27/h11-12,14-15,17H,4-10,13H2,1-3H3,(H,26,27)/b20-15+/t17-/m0/s1. The van der Waals surface area contributed by atoms with Crippen molar-refractivity contribution in [2.45, 2.75) is 64.8 Å². The second kappa shape index (κ2) is 12.7. The molecule has 1 aromatic rings. The molecule has 0 spiro atoms. The van der Waals surface area contributed by atoms with Gasteiger partial charge in [-0.2, -0.15) is 0 Å². The van der Waals surface area contributed by atoms with E-state index in [1.165, 1.54) is 30.6 Å². The van der Waals surface area contributed by atoms with E-state index in [0.29, 0.717) is 23.0 Å². The van der Waals surface area contributed by atoms with Crippen LogP contribution in [-0.2, 0) is 9.59 Å². The summed E-state index contributed by atoms with van der Waals surface area (Å²) in [5, 5.41) is 9.37. The number of thiocarbonyl (C=S) groups is 1. The van der Waals surface area contributed by atoms with Crippen LogP contribution in [0.2, 0.25) is 0 Å². The lowest BCUT2D eigenvalue weighted by atomic mass is 10.1. The highest BCUT2D eigenvalue weighted by Gasteiger charge is 2.39. The van der Waals surface area contributed by atoms with E-state index in [4.69, 9.17) is 21.7 Å². The third kappa shape index (κ3) is 6.97. The monoisotopic (exact) mass is 465 g/mol. The van der Waals surface area contributed by atoms with Crippen molar-refractivity contribution in [3.63, 3.8) is 0 Å².